The molecule has 0 saturated heterocycles. The van der Waals surface area contributed by atoms with E-state index in [9.17, 15) is 12.8 Å². The molecule has 106 valence electrons. The molecule has 2 aromatic carbocycles. The van der Waals surface area contributed by atoms with Crippen LogP contribution in [0.25, 0.3) is 11.3 Å². The molecule has 3 rings (SSSR count). The molecule has 1 aromatic heterocycles. The Bertz CT molecular complexity index is 856. The number of halogens is 1. The van der Waals surface area contributed by atoms with E-state index in [1.807, 2.05) is 30.3 Å². The van der Waals surface area contributed by atoms with Crippen molar-refractivity contribution in [1.29, 1.82) is 0 Å². The van der Waals surface area contributed by atoms with Crippen LogP contribution >= 0.6 is 0 Å². The summed E-state index contributed by atoms with van der Waals surface area (Å²) in [6.45, 7) is 0. The van der Waals surface area contributed by atoms with E-state index in [-0.39, 0.29) is 9.92 Å². The summed E-state index contributed by atoms with van der Waals surface area (Å²) in [6, 6.07) is 15.4. The molecular formula is C15H11FN2O2S. The maximum atomic E-state index is 12.9. The van der Waals surface area contributed by atoms with Crippen molar-refractivity contribution in [2.75, 3.05) is 0 Å². The second-order valence-electron chi connectivity index (χ2n) is 4.44. The van der Waals surface area contributed by atoms with Crippen molar-refractivity contribution in [3.63, 3.8) is 0 Å². The zero-order valence-electron chi connectivity index (χ0n) is 10.8. The fraction of sp³-hybridized carbons (Fsp3) is 0. The van der Waals surface area contributed by atoms with Crippen LogP contribution in [0, 0.1) is 5.82 Å². The molecule has 0 radical (unpaired) electrons. The van der Waals surface area contributed by atoms with Crippen LogP contribution in [0.4, 0.5) is 4.39 Å². The summed E-state index contributed by atoms with van der Waals surface area (Å²) in [5, 5.41) is 6.52. The van der Waals surface area contributed by atoms with Gasteiger partial charge in [-0.25, -0.2) is 12.8 Å². The Morgan fingerprint density at radius 1 is 0.952 bits per heavy atom. The fourth-order valence-electron chi connectivity index (χ4n) is 1.94. The quantitative estimate of drug-likeness (QED) is 0.756. The minimum Gasteiger partial charge on any atom is -0.266 e. The normalized spacial score (nSPS) is 11.5. The van der Waals surface area contributed by atoms with Crippen LogP contribution in [0.3, 0.4) is 0 Å². The third-order valence-electron chi connectivity index (χ3n) is 3.04. The van der Waals surface area contributed by atoms with Crippen molar-refractivity contribution in [1.82, 2.24) is 10.2 Å². The Morgan fingerprint density at radius 3 is 2.29 bits per heavy atom. The van der Waals surface area contributed by atoms with Gasteiger partial charge in [0.05, 0.1) is 10.6 Å². The van der Waals surface area contributed by atoms with Crippen molar-refractivity contribution in [2.45, 2.75) is 9.92 Å². The Labute approximate surface area is 121 Å². The number of aromatic amines is 1. The Kier molecular flexibility index (Phi) is 3.31. The van der Waals surface area contributed by atoms with E-state index < -0.39 is 15.7 Å². The average molecular weight is 302 g/mol. The summed E-state index contributed by atoms with van der Waals surface area (Å²) in [4.78, 5) is 0.0205. The van der Waals surface area contributed by atoms with E-state index in [0.29, 0.717) is 5.69 Å². The first-order valence-corrected chi connectivity index (χ1v) is 7.67. The second kappa shape index (κ2) is 5.14. The standard InChI is InChI=1S/C15H11FN2O2S/c16-12-6-8-13(9-7-12)21(19,20)15-10-14(17-18-15)11-4-2-1-3-5-11/h1-10H,(H,17,18). The van der Waals surface area contributed by atoms with Crippen LogP contribution < -0.4 is 0 Å². The van der Waals surface area contributed by atoms with E-state index in [4.69, 9.17) is 0 Å². The summed E-state index contributed by atoms with van der Waals surface area (Å²) in [7, 11) is -3.73. The first-order chi connectivity index (χ1) is 10.1. The summed E-state index contributed by atoms with van der Waals surface area (Å²) < 4.78 is 37.7. The highest BCUT2D eigenvalue weighted by Gasteiger charge is 2.20. The number of H-pyrrole nitrogens is 1. The van der Waals surface area contributed by atoms with Crippen LogP contribution in [0.15, 0.2) is 70.6 Å². The molecule has 1 N–H and O–H groups in total. The molecule has 0 bridgehead atoms. The second-order valence-corrected chi connectivity index (χ2v) is 6.36. The van der Waals surface area contributed by atoms with Gasteiger partial charge in [0.25, 0.3) is 0 Å². The number of hydrogen-bond donors (Lipinski definition) is 1. The van der Waals surface area contributed by atoms with E-state index in [0.717, 1.165) is 17.7 Å². The lowest BCUT2D eigenvalue weighted by atomic mass is 10.2. The summed E-state index contributed by atoms with van der Waals surface area (Å²) in [6.07, 6.45) is 0. The predicted octanol–water partition coefficient (Wildman–Crippen LogP) is 3.05. The van der Waals surface area contributed by atoms with Crippen molar-refractivity contribution in [3.05, 3.63) is 66.5 Å². The van der Waals surface area contributed by atoms with Gasteiger partial charge in [0.15, 0.2) is 5.03 Å². The van der Waals surface area contributed by atoms with E-state index in [1.165, 1.54) is 18.2 Å². The van der Waals surface area contributed by atoms with Crippen LogP contribution in [0.5, 0.6) is 0 Å². The molecule has 0 fully saturated rings. The number of sulfone groups is 1. The number of benzene rings is 2. The number of aromatic nitrogens is 2. The van der Waals surface area contributed by atoms with Crippen molar-refractivity contribution in [2.24, 2.45) is 0 Å². The lowest BCUT2D eigenvalue weighted by Gasteiger charge is -2.00. The van der Waals surface area contributed by atoms with Gasteiger partial charge in [-0.05, 0) is 24.3 Å². The Hall–Kier alpha value is -2.47. The summed E-state index contributed by atoms with van der Waals surface area (Å²) in [5.74, 6) is -0.483. The molecule has 0 saturated carbocycles. The van der Waals surface area contributed by atoms with Gasteiger partial charge >= 0.3 is 0 Å². The first-order valence-electron chi connectivity index (χ1n) is 6.19. The van der Waals surface area contributed by atoms with Gasteiger partial charge in [-0.15, -0.1) is 0 Å². The molecule has 4 nitrogen and oxygen atoms in total. The SMILES string of the molecule is O=S(=O)(c1ccc(F)cc1)c1cc(-c2ccccc2)n[nH]1. The van der Waals surface area contributed by atoms with Gasteiger partial charge in [-0.2, -0.15) is 5.10 Å². The Balaban J connectivity index is 2.01. The minimum absolute atomic E-state index is 0.0204. The number of hydrogen-bond acceptors (Lipinski definition) is 3. The lowest BCUT2D eigenvalue weighted by molar-refractivity contribution is 0.590. The highest BCUT2D eigenvalue weighted by molar-refractivity contribution is 7.91. The number of nitrogens with zero attached hydrogens (tertiary/aromatic N) is 1. The largest absolute Gasteiger partial charge is 0.266 e. The minimum atomic E-state index is -3.73. The van der Waals surface area contributed by atoms with Gasteiger partial charge in [0.1, 0.15) is 5.82 Å². The van der Waals surface area contributed by atoms with Crippen molar-refractivity contribution < 1.29 is 12.8 Å². The highest BCUT2D eigenvalue weighted by Crippen LogP contribution is 2.24. The zero-order chi connectivity index (χ0) is 14.9. The Morgan fingerprint density at radius 2 is 1.62 bits per heavy atom. The van der Waals surface area contributed by atoms with Crippen LogP contribution in [-0.2, 0) is 9.84 Å². The molecule has 21 heavy (non-hydrogen) atoms. The van der Waals surface area contributed by atoms with Gasteiger partial charge in [-0.1, -0.05) is 30.3 Å². The molecule has 6 heteroatoms. The molecule has 1 heterocycles. The first kappa shape index (κ1) is 13.5. The smallest absolute Gasteiger partial charge is 0.223 e. The fourth-order valence-corrected chi connectivity index (χ4v) is 3.12. The zero-order valence-corrected chi connectivity index (χ0v) is 11.6. The molecule has 0 spiro atoms. The third kappa shape index (κ3) is 2.57. The van der Waals surface area contributed by atoms with Crippen LogP contribution in [0.1, 0.15) is 0 Å². The molecule has 0 aliphatic heterocycles. The summed E-state index contributed by atoms with van der Waals surface area (Å²) in [5.41, 5.74) is 1.35. The van der Waals surface area contributed by atoms with Crippen molar-refractivity contribution >= 4 is 9.84 Å². The third-order valence-corrected chi connectivity index (χ3v) is 4.72. The topological polar surface area (TPSA) is 62.8 Å². The van der Waals surface area contributed by atoms with Gasteiger partial charge in [-0.3, -0.25) is 5.10 Å². The van der Waals surface area contributed by atoms with Gasteiger partial charge < -0.3 is 0 Å². The maximum Gasteiger partial charge on any atom is 0.223 e. The molecular weight excluding hydrogens is 291 g/mol. The molecule has 0 aliphatic rings. The predicted molar refractivity (Wildman–Crippen MR) is 75.9 cm³/mol. The van der Waals surface area contributed by atoms with Gasteiger partial charge in [0.2, 0.25) is 9.84 Å². The lowest BCUT2D eigenvalue weighted by Crippen LogP contribution is -2.02. The van der Waals surface area contributed by atoms with Crippen LogP contribution in [0.2, 0.25) is 0 Å². The molecule has 0 amide bonds. The van der Waals surface area contributed by atoms with E-state index in [2.05, 4.69) is 10.2 Å². The molecule has 0 aliphatic carbocycles. The van der Waals surface area contributed by atoms with Crippen molar-refractivity contribution in [3.8, 4) is 11.3 Å². The monoisotopic (exact) mass is 302 g/mol. The average Bonchev–Trinajstić information content (AvgIpc) is 2.99. The number of rotatable bonds is 3. The molecule has 0 unspecified atom stereocenters. The maximum absolute atomic E-state index is 12.9. The summed E-state index contributed by atoms with van der Waals surface area (Å²) >= 11 is 0. The van der Waals surface area contributed by atoms with E-state index in [1.54, 1.807) is 0 Å². The van der Waals surface area contributed by atoms with Crippen LogP contribution in [-0.4, -0.2) is 18.6 Å². The molecule has 3 aromatic rings. The van der Waals surface area contributed by atoms with E-state index >= 15 is 0 Å². The number of nitrogens with one attached hydrogen (secondary N) is 1. The highest BCUT2D eigenvalue weighted by atomic mass is 32.2. The molecule has 0 atom stereocenters. The van der Waals surface area contributed by atoms with Gasteiger partial charge in [0, 0.05) is 11.6 Å².